The van der Waals surface area contributed by atoms with Gasteiger partial charge in [-0.2, -0.15) is 0 Å². The lowest BCUT2D eigenvalue weighted by Gasteiger charge is -2.07. The molecule has 2 N–H and O–H groups in total. The van der Waals surface area contributed by atoms with Gasteiger partial charge in [-0.1, -0.05) is 11.8 Å². The molecule has 1 aromatic heterocycles. The molecular weight excluding hydrogens is 436 g/mol. The summed E-state index contributed by atoms with van der Waals surface area (Å²) in [6.07, 6.45) is 0. The van der Waals surface area contributed by atoms with Crippen LogP contribution in [0.4, 0.5) is 11.4 Å². The van der Waals surface area contributed by atoms with Crippen LogP contribution in [0.2, 0.25) is 0 Å². The summed E-state index contributed by atoms with van der Waals surface area (Å²) in [7, 11) is 3.30. The van der Waals surface area contributed by atoms with E-state index in [0.717, 1.165) is 0 Å². The number of thioether (sulfide) groups is 1. The number of nitrogens with one attached hydrogen (secondary N) is 2. The molecule has 0 aliphatic carbocycles. The Balaban J connectivity index is 1.50. The topological polar surface area (TPSA) is 141 Å². The van der Waals surface area contributed by atoms with Crippen molar-refractivity contribution in [3.63, 3.8) is 0 Å². The van der Waals surface area contributed by atoms with Crippen molar-refractivity contribution in [2.24, 2.45) is 7.05 Å². The van der Waals surface area contributed by atoms with Crippen molar-refractivity contribution in [1.29, 1.82) is 0 Å². The monoisotopic (exact) mass is 456 g/mol. The van der Waals surface area contributed by atoms with Crippen LogP contribution in [0.15, 0.2) is 53.7 Å². The third-order valence-electron chi connectivity index (χ3n) is 4.38. The van der Waals surface area contributed by atoms with Crippen LogP contribution < -0.4 is 15.4 Å². The van der Waals surface area contributed by atoms with Crippen molar-refractivity contribution in [1.82, 2.24) is 20.1 Å². The van der Waals surface area contributed by atoms with Gasteiger partial charge in [0, 0.05) is 30.4 Å². The predicted molar refractivity (Wildman–Crippen MR) is 118 cm³/mol. The van der Waals surface area contributed by atoms with Gasteiger partial charge in [0.05, 0.1) is 24.3 Å². The molecule has 0 bridgehead atoms. The maximum absolute atomic E-state index is 12.3. The zero-order valence-corrected chi connectivity index (χ0v) is 18.1. The van der Waals surface area contributed by atoms with Crippen molar-refractivity contribution in [3.8, 4) is 5.75 Å². The number of nitrogens with zero attached hydrogens (tertiary/aromatic N) is 4. The Labute approximate surface area is 187 Å². The van der Waals surface area contributed by atoms with Crippen LogP contribution in [0.1, 0.15) is 16.2 Å². The van der Waals surface area contributed by atoms with E-state index < -0.39 is 4.92 Å². The van der Waals surface area contributed by atoms with E-state index in [0.29, 0.717) is 28.0 Å². The van der Waals surface area contributed by atoms with E-state index in [-0.39, 0.29) is 29.8 Å². The molecule has 0 fully saturated rings. The minimum Gasteiger partial charge on any atom is -0.497 e. The quantitative estimate of drug-likeness (QED) is 0.284. The Morgan fingerprint density at radius 3 is 2.44 bits per heavy atom. The lowest BCUT2D eigenvalue weighted by atomic mass is 10.2. The molecule has 0 saturated heterocycles. The maximum atomic E-state index is 12.3. The standard InChI is InChI=1S/C20H20N6O5S/c1-25-17(11-21-19(28)13-3-9-16(31-2)10-4-13)23-24-20(25)32-12-18(27)22-14-5-7-15(8-6-14)26(29)30/h3-10H,11-12H2,1-2H3,(H,21,28)(H,22,27). The number of non-ortho nitro benzene ring substituents is 1. The first-order chi connectivity index (χ1) is 15.4. The molecule has 32 heavy (non-hydrogen) atoms. The summed E-state index contributed by atoms with van der Waals surface area (Å²) in [5.74, 6) is 0.717. The van der Waals surface area contributed by atoms with Crippen molar-refractivity contribution < 1.29 is 19.2 Å². The number of amides is 2. The molecule has 0 aliphatic heterocycles. The normalized spacial score (nSPS) is 10.4. The highest BCUT2D eigenvalue weighted by Crippen LogP contribution is 2.18. The van der Waals surface area contributed by atoms with Gasteiger partial charge in [-0.05, 0) is 36.4 Å². The smallest absolute Gasteiger partial charge is 0.269 e. The Hall–Kier alpha value is -3.93. The number of hydrogen-bond donors (Lipinski definition) is 2. The maximum Gasteiger partial charge on any atom is 0.269 e. The summed E-state index contributed by atoms with van der Waals surface area (Å²) in [6, 6.07) is 12.3. The zero-order chi connectivity index (χ0) is 23.1. The molecule has 166 valence electrons. The van der Waals surface area contributed by atoms with Crippen molar-refractivity contribution in [2.45, 2.75) is 11.7 Å². The molecule has 11 nitrogen and oxygen atoms in total. The van der Waals surface area contributed by atoms with E-state index >= 15 is 0 Å². The third-order valence-corrected chi connectivity index (χ3v) is 5.40. The van der Waals surface area contributed by atoms with E-state index in [2.05, 4.69) is 20.8 Å². The highest BCUT2D eigenvalue weighted by Gasteiger charge is 2.14. The summed E-state index contributed by atoms with van der Waals surface area (Å²) in [6.45, 7) is 0.171. The number of benzene rings is 2. The fourth-order valence-electron chi connectivity index (χ4n) is 2.62. The number of hydrogen-bond acceptors (Lipinski definition) is 8. The molecule has 0 radical (unpaired) electrons. The number of carbonyl (C=O) groups excluding carboxylic acids is 2. The van der Waals surface area contributed by atoms with Gasteiger partial charge in [0.25, 0.3) is 11.6 Å². The van der Waals surface area contributed by atoms with Crippen molar-refractivity contribution in [2.75, 3.05) is 18.2 Å². The van der Waals surface area contributed by atoms with Crippen LogP contribution in [0, 0.1) is 10.1 Å². The molecule has 0 spiro atoms. The Kier molecular flexibility index (Phi) is 7.39. The van der Waals surface area contributed by atoms with Gasteiger partial charge in [0.1, 0.15) is 5.75 Å². The molecule has 2 aromatic carbocycles. The van der Waals surface area contributed by atoms with Crippen LogP contribution in [0.5, 0.6) is 5.75 Å². The van der Waals surface area contributed by atoms with Gasteiger partial charge >= 0.3 is 0 Å². The first-order valence-corrected chi connectivity index (χ1v) is 10.3. The lowest BCUT2D eigenvalue weighted by molar-refractivity contribution is -0.384. The second kappa shape index (κ2) is 10.4. The highest BCUT2D eigenvalue weighted by atomic mass is 32.2. The number of rotatable bonds is 9. The number of nitro groups is 1. The Morgan fingerprint density at radius 1 is 1.12 bits per heavy atom. The highest BCUT2D eigenvalue weighted by molar-refractivity contribution is 7.99. The summed E-state index contributed by atoms with van der Waals surface area (Å²) >= 11 is 1.18. The van der Waals surface area contributed by atoms with Gasteiger partial charge in [-0.3, -0.25) is 19.7 Å². The molecule has 3 rings (SSSR count). The number of methoxy groups -OCH3 is 1. The number of ether oxygens (including phenoxy) is 1. The summed E-state index contributed by atoms with van der Waals surface area (Å²) in [4.78, 5) is 34.6. The van der Waals surface area contributed by atoms with Gasteiger partial charge in [-0.15, -0.1) is 10.2 Å². The first-order valence-electron chi connectivity index (χ1n) is 9.35. The minimum absolute atomic E-state index is 0.0527. The van der Waals surface area contributed by atoms with E-state index in [9.17, 15) is 19.7 Å². The van der Waals surface area contributed by atoms with E-state index in [1.165, 1.54) is 36.0 Å². The first kappa shape index (κ1) is 22.7. The van der Waals surface area contributed by atoms with Gasteiger partial charge in [0.2, 0.25) is 5.91 Å². The van der Waals surface area contributed by atoms with E-state index in [1.54, 1.807) is 43.0 Å². The van der Waals surface area contributed by atoms with Gasteiger partial charge in [-0.25, -0.2) is 0 Å². The SMILES string of the molecule is COc1ccc(C(=O)NCc2nnc(SCC(=O)Nc3ccc([N+](=O)[O-])cc3)n2C)cc1. The Morgan fingerprint density at radius 2 is 1.81 bits per heavy atom. The molecule has 0 aliphatic rings. The van der Waals surface area contributed by atoms with Crippen LogP contribution in [-0.4, -0.2) is 44.4 Å². The largest absolute Gasteiger partial charge is 0.497 e. The molecule has 12 heteroatoms. The zero-order valence-electron chi connectivity index (χ0n) is 17.3. The number of nitro benzene ring substituents is 1. The fourth-order valence-corrected chi connectivity index (χ4v) is 3.35. The van der Waals surface area contributed by atoms with E-state index in [4.69, 9.17) is 4.74 Å². The summed E-state index contributed by atoms with van der Waals surface area (Å²) in [5.41, 5.74) is 0.898. The fraction of sp³-hybridized carbons (Fsp3) is 0.200. The van der Waals surface area contributed by atoms with Gasteiger partial charge in [0.15, 0.2) is 11.0 Å². The van der Waals surface area contributed by atoms with Crippen LogP contribution >= 0.6 is 11.8 Å². The number of anilines is 1. The van der Waals surface area contributed by atoms with Crippen LogP contribution in [-0.2, 0) is 18.4 Å². The molecule has 1 heterocycles. The molecule has 0 saturated carbocycles. The molecule has 3 aromatic rings. The number of aromatic nitrogens is 3. The summed E-state index contributed by atoms with van der Waals surface area (Å²) in [5, 5.41) is 24.7. The van der Waals surface area contributed by atoms with Crippen LogP contribution in [0.3, 0.4) is 0 Å². The molecule has 0 unspecified atom stereocenters. The van der Waals surface area contributed by atoms with Crippen molar-refractivity contribution >= 4 is 35.0 Å². The lowest BCUT2D eigenvalue weighted by Crippen LogP contribution is -2.24. The second-order valence-corrected chi connectivity index (χ2v) is 7.45. The molecular formula is C20H20N6O5S. The minimum atomic E-state index is -0.507. The van der Waals surface area contributed by atoms with Crippen molar-refractivity contribution in [3.05, 3.63) is 70.0 Å². The molecule has 2 amide bonds. The van der Waals surface area contributed by atoms with Gasteiger partial charge < -0.3 is 19.9 Å². The van der Waals surface area contributed by atoms with E-state index in [1.807, 2.05) is 0 Å². The average Bonchev–Trinajstić information content (AvgIpc) is 3.15. The second-order valence-electron chi connectivity index (χ2n) is 6.51. The predicted octanol–water partition coefficient (Wildman–Crippen LogP) is 2.39. The van der Waals surface area contributed by atoms with Crippen LogP contribution in [0.25, 0.3) is 0 Å². The molecule has 0 atom stereocenters. The average molecular weight is 456 g/mol. The number of carbonyl (C=O) groups is 2. The third kappa shape index (κ3) is 5.82. The summed E-state index contributed by atoms with van der Waals surface area (Å²) < 4.78 is 6.77. The Bertz CT molecular complexity index is 1110.